The number of hydrogen-bond donors (Lipinski definition) is 1. The maximum absolute atomic E-state index is 6.43. The van der Waals surface area contributed by atoms with E-state index in [9.17, 15) is 0 Å². The largest absolute Gasteiger partial charge is 0.330 e. The minimum Gasteiger partial charge on any atom is -0.330 e. The summed E-state index contributed by atoms with van der Waals surface area (Å²) in [5.41, 5.74) is 8.21. The highest BCUT2D eigenvalue weighted by Crippen LogP contribution is 2.28. The quantitative estimate of drug-likeness (QED) is 0.944. The molecule has 0 aliphatic carbocycles. The Kier molecular flexibility index (Phi) is 3.27. The zero-order valence-electron chi connectivity index (χ0n) is 10.5. The summed E-state index contributed by atoms with van der Waals surface area (Å²) in [5.74, 6) is 0.968. The summed E-state index contributed by atoms with van der Waals surface area (Å²) in [5, 5.41) is 0. The Morgan fingerprint density at radius 2 is 2.00 bits per heavy atom. The molecule has 1 aromatic heterocycles. The van der Waals surface area contributed by atoms with E-state index < -0.39 is 0 Å². The van der Waals surface area contributed by atoms with Gasteiger partial charge >= 0.3 is 0 Å². The van der Waals surface area contributed by atoms with Crippen LogP contribution in [0.4, 0.5) is 0 Å². The normalized spacial score (nSPS) is 12.3. The van der Waals surface area contributed by atoms with Gasteiger partial charge in [-0.3, -0.25) is 0 Å². The van der Waals surface area contributed by atoms with Crippen molar-refractivity contribution >= 4 is 27.0 Å². The van der Waals surface area contributed by atoms with E-state index in [0.717, 1.165) is 34.2 Å². The van der Waals surface area contributed by atoms with Gasteiger partial charge in [0, 0.05) is 11.5 Å². The summed E-state index contributed by atoms with van der Waals surface area (Å²) in [6, 6.07) is 6.14. The van der Waals surface area contributed by atoms with Crippen molar-refractivity contribution in [3.8, 4) is 0 Å². The molecule has 92 valence electrons. The lowest BCUT2D eigenvalue weighted by atomic mass is 9.93. The molecule has 3 nitrogen and oxygen atoms in total. The lowest BCUT2D eigenvalue weighted by Gasteiger charge is -2.25. The smallest absolute Gasteiger partial charge is 0.129 e. The van der Waals surface area contributed by atoms with Gasteiger partial charge in [0.05, 0.1) is 16.6 Å². The molecule has 0 radical (unpaired) electrons. The number of aryl methyl sites for hydroxylation is 1. The summed E-state index contributed by atoms with van der Waals surface area (Å²) >= 11 is 3.47. The molecule has 0 amide bonds. The first-order valence-electron chi connectivity index (χ1n) is 5.93. The molecule has 0 bridgehead atoms. The molecule has 0 unspecified atom stereocenters. The van der Waals surface area contributed by atoms with Crippen LogP contribution >= 0.6 is 15.9 Å². The monoisotopic (exact) mass is 295 g/mol. The molecule has 0 aliphatic rings. The van der Waals surface area contributed by atoms with Crippen LogP contribution in [0.3, 0.4) is 0 Å². The fourth-order valence-electron chi connectivity index (χ4n) is 2.18. The summed E-state index contributed by atoms with van der Waals surface area (Å²) < 4.78 is 3.15. The van der Waals surface area contributed by atoms with E-state index in [0.29, 0.717) is 0 Å². The predicted octanol–water partition coefficient (Wildman–Crippen LogP) is 3.31. The Hall–Kier alpha value is -0.870. The average Bonchev–Trinajstić information content (AvgIpc) is 2.66. The topological polar surface area (TPSA) is 43.8 Å². The van der Waals surface area contributed by atoms with Gasteiger partial charge in [0.25, 0.3) is 0 Å². The molecule has 0 atom stereocenters. The number of benzene rings is 1. The SMILES string of the molecule is CCC(N)(CC)c1nc2cc(Br)ccc2n1C. The van der Waals surface area contributed by atoms with Crippen LogP contribution in [0.5, 0.6) is 0 Å². The van der Waals surface area contributed by atoms with Crippen LogP contribution in [0.15, 0.2) is 22.7 Å². The summed E-state index contributed by atoms with van der Waals surface area (Å²) in [7, 11) is 2.03. The molecule has 2 N–H and O–H groups in total. The maximum atomic E-state index is 6.43. The maximum Gasteiger partial charge on any atom is 0.129 e. The summed E-state index contributed by atoms with van der Waals surface area (Å²) in [6.45, 7) is 4.22. The highest BCUT2D eigenvalue weighted by molar-refractivity contribution is 9.10. The lowest BCUT2D eigenvalue weighted by Crippen LogP contribution is -2.37. The van der Waals surface area contributed by atoms with E-state index in [-0.39, 0.29) is 5.54 Å². The number of imidazole rings is 1. The predicted molar refractivity (Wildman–Crippen MR) is 74.9 cm³/mol. The Morgan fingerprint density at radius 1 is 1.35 bits per heavy atom. The van der Waals surface area contributed by atoms with Gasteiger partial charge in [-0.05, 0) is 31.0 Å². The van der Waals surface area contributed by atoms with E-state index in [4.69, 9.17) is 10.7 Å². The molecular weight excluding hydrogens is 278 g/mol. The molecule has 2 aromatic rings. The Morgan fingerprint density at radius 3 is 2.59 bits per heavy atom. The van der Waals surface area contributed by atoms with Crippen molar-refractivity contribution in [1.29, 1.82) is 0 Å². The third kappa shape index (κ3) is 2.00. The second-order valence-corrected chi connectivity index (χ2v) is 5.41. The van der Waals surface area contributed by atoms with Gasteiger partial charge in [-0.15, -0.1) is 0 Å². The van der Waals surface area contributed by atoms with E-state index >= 15 is 0 Å². The molecule has 2 rings (SSSR count). The molecular formula is C13H18BrN3. The van der Waals surface area contributed by atoms with Gasteiger partial charge in [-0.2, -0.15) is 0 Å². The Labute approximate surface area is 110 Å². The van der Waals surface area contributed by atoms with Gasteiger partial charge in [0.15, 0.2) is 0 Å². The highest BCUT2D eigenvalue weighted by atomic mass is 79.9. The van der Waals surface area contributed by atoms with Crippen LogP contribution in [0.1, 0.15) is 32.5 Å². The van der Waals surface area contributed by atoms with Crippen molar-refractivity contribution in [2.24, 2.45) is 12.8 Å². The molecule has 0 saturated carbocycles. The fourth-order valence-corrected chi connectivity index (χ4v) is 2.53. The minimum atomic E-state index is -0.333. The van der Waals surface area contributed by atoms with Gasteiger partial charge in [-0.1, -0.05) is 29.8 Å². The van der Waals surface area contributed by atoms with Crippen LogP contribution in [0.2, 0.25) is 0 Å². The summed E-state index contributed by atoms with van der Waals surface area (Å²) in [6.07, 6.45) is 1.78. The van der Waals surface area contributed by atoms with E-state index in [2.05, 4.69) is 40.4 Å². The van der Waals surface area contributed by atoms with Crippen LogP contribution in [0, 0.1) is 0 Å². The van der Waals surface area contributed by atoms with Gasteiger partial charge in [-0.25, -0.2) is 4.98 Å². The first-order valence-corrected chi connectivity index (χ1v) is 6.72. The first-order chi connectivity index (χ1) is 8.01. The Bertz CT molecular complexity index is 541. The molecule has 0 fully saturated rings. The van der Waals surface area contributed by atoms with Crippen molar-refractivity contribution < 1.29 is 0 Å². The summed E-state index contributed by atoms with van der Waals surface area (Å²) in [4.78, 5) is 4.69. The third-order valence-electron chi connectivity index (χ3n) is 3.55. The standard InChI is InChI=1S/C13H18BrN3/c1-4-13(15,5-2)12-16-10-8-9(14)6-7-11(10)17(12)3/h6-8H,4-5,15H2,1-3H3. The van der Waals surface area contributed by atoms with Crippen LogP contribution in [0.25, 0.3) is 11.0 Å². The second kappa shape index (κ2) is 4.42. The second-order valence-electron chi connectivity index (χ2n) is 4.49. The molecule has 1 aromatic carbocycles. The molecule has 4 heteroatoms. The van der Waals surface area contributed by atoms with Gasteiger partial charge in [0.2, 0.25) is 0 Å². The van der Waals surface area contributed by atoms with Crippen LogP contribution in [-0.2, 0) is 12.6 Å². The first kappa shape index (κ1) is 12.6. The number of aromatic nitrogens is 2. The average molecular weight is 296 g/mol. The fraction of sp³-hybridized carbons (Fsp3) is 0.462. The number of nitrogens with two attached hydrogens (primary N) is 1. The zero-order valence-corrected chi connectivity index (χ0v) is 12.1. The number of hydrogen-bond acceptors (Lipinski definition) is 2. The van der Waals surface area contributed by atoms with Crippen LogP contribution < -0.4 is 5.73 Å². The third-order valence-corrected chi connectivity index (χ3v) is 4.04. The lowest BCUT2D eigenvalue weighted by molar-refractivity contribution is 0.378. The molecule has 0 saturated heterocycles. The number of nitrogens with zero attached hydrogens (tertiary/aromatic N) is 2. The van der Waals surface area contributed by atoms with Gasteiger partial charge in [0.1, 0.15) is 5.82 Å². The molecule has 17 heavy (non-hydrogen) atoms. The minimum absolute atomic E-state index is 0.333. The van der Waals surface area contributed by atoms with Crippen molar-refractivity contribution in [1.82, 2.24) is 9.55 Å². The molecule has 1 heterocycles. The number of fused-ring (bicyclic) bond motifs is 1. The van der Waals surface area contributed by atoms with Crippen molar-refractivity contribution in [3.05, 3.63) is 28.5 Å². The van der Waals surface area contributed by atoms with E-state index in [1.165, 1.54) is 0 Å². The van der Waals surface area contributed by atoms with Crippen molar-refractivity contribution in [2.75, 3.05) is 0 Å². The van der Waals surface area contributed by atoms with Crippen molar-refractivity contribution in [3.63, 3.8) is 0 Å². The zero-order chi connectivity index (χ0) is 12.6. The Balaban J connectivity index is 2.67. The molecule has 0 spiro atoms. The van der Waals surface area contributed by atoms with Crippen molar-refractivity contribution in [2.45, 2.75) is 32.2 Å². The van der Waals surface area contributed by atoms with E-state index in [1.807, 2.05) is 19.2 Å². The van der Waals surface area contributed by atoms with E-state index in [1.54, 1.807) is 0 Å². The molecule has 0 aliphatic heterocycles. The number of halogens is 1. The highest BCUT2D eigenvalue weighted by Gasteiger charge is 2.28. The van der Waals surface area contributed by atoms with Gasteiger partial charge < -0.3 is 10.3 Å². The van der Waals surface area contributed by atoms with Crippen LogP contribution in [-0.4, -0.2) is 9.55 Å². The number of rotatable bonds is 3.